The minimum atomic E-state index is -0.308. The molecule has 0 bridgehead atoms. The van der Waals surface area contributed by atoms with Crippen LogP contribution < -0.4 is 15.6 Å². The van der Waals surface area contributed by atoms with Crippen molar-refractivity contribution in [1.29, 1.82) is 0 Å². The van der Waals surface area contributed by atoms with Gasteiger partial charge in [0, 0.05) is 25.7 Å². The Morgan fingerprint density at radius 3 is 2.80 bits per heavy atom. The molecule has 1 amide bonds. The number of benzene rings is 1. The molecule has 2 saturated heterocycles. The Kier molecular flexibility index (Phi) is 5.91. The van der Waals surface area contributed by atoms with E-state index in [1.165, 1.54) is 24.2 Å². The van der Waals surface area contributed by atoms with Gasteiger partial charge >= 0.3 is 0 Å². The van der Waals surface area contributed by atoms with Crippen molar-refractivity contribution in [3.8, 4) is 0 Å². The van der Waals surface area contributed by atoms with Crippen LogP contribution in [0.2, 0.25) is 0 Å². The lowest BCUT2D eigenvalue weighted by Crippen LogP contribution is -2.45. The van der Waals surface area contributed by atoms with Crippen molar-refractivity contribution >= 4 is 49.1 Å². The number of hydrogen-bond acceptors (Lipinski definition) is 7. The van der Waals surface area contributed by atoms with E-state index >= 15 is 0 Å². The number of fused-ring (bicyclic) bond motifs is 5. The van der Waals surface area contributed by atoms with Crippen LogP contribution in [-0.2, 0) is 4.74 Å². The fraction of sp³-hybridized carbons (Fsp3) is 0.423. The lowest BCUT2D eigenvalue weighted by molar-refractivity contribution is 0.0929. The number of aromatic nitrogens is 2. The Hall–Kier alpha value is -3.01. The molecule has 6 rings (SSSR count). The maximum atomic E-state index is 13.7. The molecule has 35 heavy (non-hydrogen) atoms. The Balaban J connectivity index is 1.48. The van der Waals surface area contributed by atoms with Crippen molar-refractivity contribution in [1.82, 2.24) is 19.6 Å². The number of carbonyl (C=O) groups is 1. The van der Waals surface area contributed by atoms with E-state index in [-0.39, 0.29) is 16.9 Å². The molecule has 4 aromatic rings. The van der Waals surface area contributed by atoms with Crippen molar-refractivity contribution in [2.75, 3.05) is 51.3 Å². The number of ether oxygens (including phenoxy) is 1. The first-order chi connectivity index (χ1) is 17.1. The van der Waals surface area contributed by atoms with E-state index in [2.05, 4.69) is 22.2 Å². The first-order valence-corrected chi connectivity index (χ1v) is 13.1. The first-order valence-electron chi connectivity index (χ1n) is 12.3. The monoisotopic (exact) mass is 491 g/mol. The van der Waals surface area contributed by atoms with Crippen LogP contribution >= 0.6 is 11.3 Å². The zero-order chi connectivity index (χ0) is 23.9. The summed E-state index contributed by atoms with van der Waals surface area (Å²) in [6, 6.07) is 12.0. The molecule has 2 fully saturated rings. The van der Waals surface area contributed by atoms with Crippen molar-refractivity contribution in [2.24, 2.45) is 0 Å². The van der Waals surface area contributed by atoms with E-state index in [4.69, 9.17) is 9.72 Å². The van der Waals surface area contributed by atoms with Gasteiger partial charge in [0.25, 0.3) is 5.91 Å². The minimum absolute atomic E-state index is 0.207. The molecule has 3 aromatic heterocycles. The molecule has 0 radical (unpaired) electrons. The number of piperidine rings is 1. The molecular formula is C26H29N5O3S. The Labute approximate surface area is 207 Å². The third-order valence-corrected chi connectivity index (χ3v) is 8.40. The second-order valence-electron chi connectivity index (χ2n) is 9.39. The number of hydrogen-bond donors (Lipinski definition) is 1. The quantitative estimate of drug-likeness (QED) is 0.473. The number of pyridine rings is 2. The molecule has 1 unspecified atom stereocenters. The molecule has 8 nitrogen and oxygen atoms in total. The average Bonchev–Trinajstić information content (AvgIpc) is 3.28. The molecule has 1 atom stereocenters. The standard InChI is InChI=1S/C26H29N5O3S/c1-29-11-5-4-6-17(29)16-27-25(33)22-23(32)18-9-10-21(30-12-14-34-15-13-30)28-24(18)31-19-7-2-3-8-20(19)35-26(22)31/h2-3,7-10,17H,4-6,11-16H2,1H3,(H,27,33). The highest BCUT2D eigenvalue weighted by Crippen LogP contribution is 2.31. The van der Waals surface area contributed by atoms with Gasteiger partial charge in [0.15, 0.2) is 5.65 Å². The van der Waals surface area contributed by atoms with Crippen LogP contribution in [0.3, 0.4) is 0 Å². The van der Waals surface area contributed by atoms with Crippen LogP contribution in [-0.4, -0.2) is 72.7 Å². The molecule has 2 aliphatic rings. The molecular weight excluding hydrogens is 462 g/mol. The smallest absolute Gasteiger partial charge is 0.258 e. The Bertz CT molecular complexity index is 1470. The summed E-state index contributed by atoms with van der Waals surface area (Å²) in [5, 5.41) is 3.54. The summed E-state index contributed by atoms with van der Waals surface area (Å²) in [6.07, 6.45) is 3.41. The number of nitrogens with one attached hydrogen (secondary N) is 1. The van der Waals surface area contributed by atoms with E-state index in [0.717, 1.165) is 42.1 Å². The van der Waals surface area contributed by atoms with Gasteiger partial charge in [-0.1, -0.05) is 18.6 Å². The minimum Gasteiger partial charge on any atom is -0.378 e. The van der Waals surface area contributed by atoms with E-state index in [9.17, 15) is 9.59 Å². The van der Waals surface area contributed by atoms with Gasteiger partial charge in [-0.25, -0.2) is 4.98 Å². The van der Waals surface area contributed by atoms with Gasteiger partial charge in [0.05, 0.1) is 28.8 Å². The number of rotatable bonds is 4. The molecule has 0 saturated carbocycles. The van der Waals surface area contributed by atoms with Gasteiger partial charge in [0.2, 0.25) is 5.43 Å². The van der Waals surface area contributed by atoms with Crippen LogP contribution in [0.25, 0.3) is 26.1 Å². The number of likely N-dealkylation sites (tertiary alicyclic amines) is 1. The third kappa shape index (κ3) is 3.97. The SMILES string of the molecule is CN1CCCCC1CNC(=O)c1c(=O)c2ccc(N3CCOCC3)nc2n2c1sc1ccccc12. The highest BCUT2D eigenvalue weighted by Gasteiger charge is 2.25. The Morgan fingerprint density at radius 2 is 1.97 bits per heavy atom. The highest BCUT2D eigenvalue weighted by molar-refractivity contribution is 7.24. The van der Waals surface area contributed by atoms with Gasteiger partial charge < -0.3 is 19.9 Å². The average molecular weight is 492 g/mol. The first kappa shape index (κ1) is 22.5. The van der Waals surface area contributed by atoms with Gasteiger partial charge in [-0.05, 0) is 50.7 Å². The molecule has 2 aliphatic heterocycles. The number of carbonyl (C=O) groups excluding carboxylic acids is 1. The molecule has 9 heteroatoms. The van der Waals surface area contributed by atoms with Gasteiger partial charge in [-0.3, -0.25) is 14.0 Å². The number of anilines is 1. The summed E-state index contributed by atoms with van der Waals surface area (Å²) in [6.45, 7) is 4.42. The van der Waals surface area contributed by atoms with E-state index < -0.39 is 0 Å². The van der Waals surface area contributed by atoms with Gasteiger partial charge in [-0.15, -0.1) is 11.3 Å². The van der Waals surface area contributed by atoms with Crippen molar-refractivity contribution < 1.29 is 9.53 Å². The third-order valence-electron chi connectivity index (χ3n) is 7.26. The zero-order valence-corrected chi connectivity index (χ0v) is 20.6. The number of nitrogens with zero attached hydrogens (tertiary/aromatic N) is 4. The summed E-state index contributed by atoms with van der Waals surface area (Å²) < 4.78 is 8.49. The highest BCUT2D eigenvalue weighted by atomic mass is 32.1. The van der Waals surface area contributed by atoms with Crippen LogP contribution in [0.4, 0.5) is 5.82 Å². The number of morpholine rings is 1. The van der Waals surface area contributed by atoms with Crippen molar-refractivity contribution in [3.63, 3.8) is 0 Å². The summed E-state index contributed by atoms with van der Waals surface area (Å²) in [4.78, 5) is 37.3. The molecule has 182 valence electrons. The maximum Gasteiger partial charge on any atom is 0.258 e. The zero-order valence-electron chi connectivity index (χ0n) is 19.8. The number of para-hydroxylation sites is 1. The predicted molar refractivity (Wildman–Crippen MR) is 140 cm³/mol. The van der Waals surface area contributed by atoms with E-state index in [1.54, 1.807) is 0 Å². The topological polar surface area (TPSA) is 79.2 Å². The fourth-order valence-electron chi connectivity index (χ4n) is 5.25. The van der Waals surface area contributed by atoms with Crippen LogP contribution in [0.15, 0.2) is 41.2 Å². The molecule has 0 aliphatic carbocycles. The molecule has 5 heterocycles. The second-order valence-corrected chi connectivity index (χ2v) is 10.4. The van der Waals surface area contributed by atoms with Crippen molar-refractivity contribution in [2.45, 2.75) is 25.3 Å². The molecule has 0 spiro atoms. The largest absolute Gasteiger partial charge is 0.378 e. The van der Waals surface area contributed by atoms with E-state index in [0.29, 0.717) is 41.7 Å². The number of likely N-dealkylation sites (N-methyl/N-ethyl adjacent to an activating group) is 1. The second kappa shape index (κ2) is 9.22. The summed E-state index contributed by atoms with van der Waals surface area (Å²) >= 11 is 1.47. The van der Waals surface area contributed by atoms with Crippen LogP contribution in [0, 0.1) is 0 Å². The summed E-state index contributed by atoms with van der Waals surface area (Å²) in [7, 11) is 2.10. The normalized spacial score (nSPS) is 19.6. The van der Waals surface area contributed by atoms with Gasteiger partial charge in [-0.2, -0.15) is 0 Å². The van der Waals surface area contributed by atoms with Gasteiger partial charge in [0.1, 0.15) is 16.2 Å². The molecule has 1 aromatic carbocycles. The lowest BCUT2D eigenvalue weighted by atomic mass is 10.0. The number of thiazole rings is 1. The maximum absolute atomic E-state index is 13.7. The fourth-order valence-corrected chi connectivity index (χ4v) is 6.43. The summed E-state index contributed by atoms with van der Waals surface area (Å²) in [5.74, 6) is 0.513. The molecule has 1 N–H and O–H groups in total. The van der Waals surface area contributed by atoms with Crippen LogP contribution in [0.5, 0.6) is 0 Å². The van der Waals surface area contributed by atoms with Crippen molar-refractivity contribution in [3.05, 3.63) is 52.2 Å². The Morgan fingerprint density at radius 1 is 1.14 bits per heavy atom. The summed E-state index contributed by atoms with van der Waals surface area (Å²) in [5.41, 5.74) is 1.49. The van der Waals surface area contributed by atoms with Crippen LogP contribution in [0.1, 0.15) is 29.6 Å². The predicted octanol–water partition coefficient (Wildman–Crippen LogP) is 3.11. The lowest BCUT2D eigenvalue weighted by Gasteiger charge is -2.32. The number of amides is 1. The van der Waals surface area contributed by atoms with E-state index in [1.807, 2.05) is 40.8 Å².